The number of benzene rings is 1. The molecule has 3 aromatic rings. The van der Waals surface area contributed by atoms with Crippen molar-refractivity contribution in [2.45, 2.75) is 26.4 Å². The van der Waals surface area contributed by atoms with Gasteiger partial charge in [-0.05, 0) is 31.5 Å². The Labute approximate surface area is 188 Å². The minimum absolute atomic E-state index is 0.0764. The van der Waals surface area contributed by atoms with Crippen molar-refractivity contribution in [1.29, 1.82) is 0 Å². The summed E-state index contributed by atoms with van der Waals surface area (Å²) in [7, 11) is -3.55. The van der Waals surface area contributed by atoms with Crippen molar-refractivity contribution < 1.29 is 26.0 Å². The van der Waals surface area contributed by atoms with Crippen molar-refractivity contribution in [2.24, 2.45) is 0 Å². The van der Waals surface area contributed by atoms with Gasteiger partial charge in [0, 0.05) is 17.3 Å². The number of sulfonamides is 1. The van der Waals surface area contributed by atoms with Gasteiger partial charge in [0.05, 0.1) is 40.2 Å². The Balaban J connectivity index is 2.16. The molecule has 0 aliphatic rings. The summed E-state index contributed by atoms with van der Waals surface area (Å²) in [5.41, 5.74) is -0.276. The lowest BCUT2D eigenvalue weighted by Crippen LogP contribution is -2.11. The number of hydrogen-bond donors (Lipinski definition) is 1. The molecule has 0 fully saturated rings. The summed E-state index contributed by atoms with van der Waals surface area (Å²) >= 11 is 0. The Morgan fingerprint density at radius 3 is 2.48 bits per heavy atom. The molecule has 0 radical (unpaired) electrons. The fourth-order valence-corrected chi connectivity index (χ4v) is 3.60. The predicted molar refractivity (Wildman–Crippen MR) is 115 cm³/mol. The highest BCUT2D eigenvalue weighted by Gasteiger charge is 2.35. The van der Waals surface area contributed by atoms with E-state index in [0.717, 1.165) is 18.6 Å². The van der Waals surface area contributed by atoms with Gasteiger partial charge in [-0.2, -0.15) is 13.2 Å². The van der Waals surface area contributed by atoms with Gasteiger partial charge in [0.1, 0.15) is 12.1 Å². The number of alkyl halides is 3. The smallest absolute Gasteiger partial charge is 0.282 e. The topological polar surface area (TPSA) is 84.8 Å². The molecule has 1 aromatic carbocycles. The van der Waals surface area contributed by atoms with Gasteiger partial charge in [0.2, 0.25) is 10.0 Å². The SMILES string of the molecule is CCc1ncnc(-c2cccc(C(F)(F)F)c2F)c1C#Cc1cnc(C)c(NS(C)(=O)=O)c1. The highest BCUT2D eigenvalue weighted by molar-refractivity contribution is 7.92. The van der Waals surface area contributed by atoms with E-state index in [1.54, 1.807) is 13.8 Å². The Morgan fingerprint density at radius 1 is 1.12 bits per heavy atom. The fourth-order valence-electron chi connectivity index (χ4n) is 3.00. The molecule has 1 N–H and O–H groups in total. The molecule has 172 valence electrons. The summed E-state index contributed by atoms with van der Waals surface area (Å²) in [6.45, 7) is 3.38. The summed E-state index contributed by atoms with van der Waals surface area (Å²) < 4.78 is 79.8. The van der Waals surface area contributed by atoms with Crippen molar-refractivity contribution in [3.05, 3.63) is 70.7 Å². The second-order valence-electron chi connectivity index (χ2n) is 7.04. The maximum absolute atomic E-state index is 14.8. The number of anilines is 1. The van der Waals surface area contributed by atoms with Gasteiger partial charge in [0.25, 0.3) is 0 Å². The third-order valence-electron chi connectivity index (χ3n) is 4.53. The van der Waals surface area contributed by atoms with Crippen LogP contribution in [0.3, 0.4) is 0 Å². The van der Waals surface area contributed by atoms with Crippen molar-refractivity contribution in [2.75, 3.05) is 11.0 Å². The van der Waals surface area contributed by atoms with Crippen LogP contribution in [0.5, 0.6) is 0 Å². The standard InChI is InChI=1S/C22H18F4N4O2S/c1-4-18-15(9-8-14-10-19(13(2)27-11-14)30-33(3,31)32)21(29-12-28-18)16-6-5-7-17(20(16)23)22(24,25)26/h5-7,10-12,30H,4H2,1-3H3. The first-order valence-electron chi connectivity index (χ1n) is 9.57. The van der Waals surface area contributed by atoms with Crippen LogP contribution in [0, 0.1) is 24.6 Å². The van der Waals surface area contributed by atoms with E-state index in [2.05, 4.69) is 31.5 Å². The Kier molecular flexibility index (Phi) is 6.69. The molecule has 0 spiro atoms. The molecule has 2 aromatic heterocycles. The van der Waals surface area contributed by atoms with Gasteiger partial charge in [-0.1, -0.05) is 24.8 Å². The molecular weight excluding hydrogens is 460 g/mol. The molecule has 0 bridgehead atoms. The monoisotopic (exact) mass is 478 g/mol. The lowest BCUT2D eigenvalue weighted by atomic mass is 10.00. The molecule has 0 aliphatic heterocycles. The third-order valence-corrected chi connectivity index (χ3v) is 5.12. The van der Waals surface area contributed by atoms with E-state index in [1.165, 1.54) is 18.3 Å². The largest absolute Gasteiger partial charge is 0.419 e. The van der Waals surface area contributed by atoms with E-state index >= 15 is 0 Å². The Morgan fingerprint density at radius 2 is 1.85 bits per heavy atom. The zero-order valence-electron chi connectivity index (χ0n) is 17.7. The summed E-state index contributed by atoms with van der Waals surface area (Å²) in [5.74, 6) is 4.14. The lowest BCUT2D eigenvalue weighted by Gasteiger charge is -2.13. The van der Waals surface area contributed by atoms with Crippen LogP contribution in [0.15, 0.2) is 36.8 Å². The Hall–Kier alpha value is -3.52. The van der Waals surface area contributed by atoms with Crippen LogP contribution in [0.4, 0.5) is 23.2 Å². The molecule has 0 saturated carbocycles. The molecule has 2 heterocycles. The highest BCUT2D eigenvalue weighted by Crippen LogP contribution is 2.36. The minimum Gasteiger partial charge on any atom is -0.282 e. The van der Waals surface area contributed by atoms with E-state index < -0.39 is 27.6 Å². The van der Waals surface area contributed by atoms with Gasteiger partial charge < -0.3 is 0 Å². The third kappa shape index (κ3) is 5.64. The van der Waals surface area contributed by atoms with Gasteiger partial charge in [0.15, 0.2) is 0 Å². The summed E-state index contributed by atoms with van der Waals surface area (Å²) in [6.07, 6.45) is -0.956. The number of aryl methyl sites for hydroxylation is 2. The zero-order valence-corrected chi connectivity index (χ0v) is 18.6. The highest BCUT2D eigenvalue weighted by atomic mass is 32.2. The van der Waals surface area contributed by atoms with E-state index in [1.807, 2.05) is 0 Å². The van der Waals surface area contributed by atoms with Gasteiger partial charge >= 0.3 is 6.18 Å². The van der Waals surface area contributed by atoms with Crippen LogP contribution in [0.2, 0.25) is 0 Å². The van der Waals surface area contributed by atoms with Crippen molar-refractivity contribution >= 4 is 15.7 Å². The second kappa shape index (κ2) is 9.15. The number of nitrogens with one attached hydrogen (secondary N) is 1. The summed E-state index contributed by atoms with van der Waals surface area (Å²) in [6, 6.07) is 4.41. The van der Waals surface area contributed by atoms with Gasteiger partial charge in [-0.15, -0.1) is 0 Å². The normalized spacial score (nSPS) is 11.6. The van der Waals surface area contributed by atoms with Crippen molar-refractivity contribution in [3.63, 3.8) is 0 Å². The number of nitrogens with zero attached hydrogens (tertiary/aromatic N) is 3. The average Bonchev–Trinajstić information content (AvgIpc) is 2.72. The molecule has 11 heteroatoms. The number of aromatic nitrogens is 3. The van der Waals surface area contributed by atoms with Crippen LogP contribution < -0.4 is 4.72 Å². The van der Waals surface area contributed by atoms with E-state index in [9.17, 15) is 26.0 Å². The molecule has 0 amide bonds. The fraction of sp³-hybridized carbons (Fsp3) is 0.227. The van der Waals surface area contributed by atoms with Gasteiger partial charge in [-0.3, -0.25) is 9.71 Å². The maximum atomic E-state index is 14.8. The van der Waals surface area contributed by atoms with Crippen LogP contribution >= 0.6 is 0 Å². The molecule has 0 aliphatic carbocycles. The maximum Gasteiger partial charge on any atom is 0.419 e. The first-order chi connectivity index (χ1) is 15.4. The summed E-state index contributed by atoms with van der Waals surface area (Å²) in [4.78, 5) is 12.2. The molecule has 0 unspecified atom stereocenters. The molecule has 6 nitrogen and oxygen atoms in total. The molecule has 33 heavy (non-hydrogen) atoms. The first-order valence-corrected chi connectivity index (χ1v) is 11.5. The van der Waals surface area contributed by atoms with Crippen LogP contribution in [-0.4, -0.2) is 29.6 Å². The number of rotatable bonds is 4. The van der Waals surface area contributed by atoms with Gasteiger partial charge in [-0.25, -0.2) is 22.8 Å². The van der Waals surface area contributed by atoms with Crippen LogP contribution in [0.25, 0.3) is 11.3 Å². The zero-order chi connectivity index (χ0) is 24.4. The minimum atomic E-state index is -4.87. The quantitative estimate of drug-likeness (QED) is 0.446. The molecular formula is C22H18F4N4O2S. The molecule has 3 rings (SSSR count). The van der Waals surface area contributed by atoms with E-state index in [4.69, 9.17) is 0 Å². The number of halogens is 4. The van der Waals surface area contributed by atoms with Crippen molar-refractivity contribution in [1.82, 2.24) is 15.0 Å². The number of hydrogen-bond acceptors (Lipinski definition) is 5. The van der Waals surface area contributed by atoms with Crippen LogP contribution in [-0.2, 0) is 22.6 Å². The predicted octanol–water partition coefficient (Wildman–Crippen LogP) is 4.34. The van der Waals surface area contributed by atoms with E-state index in [0.29, 0.717) is 29.4 Å². The molecule has 0 saturated heterocycles. The summed E-state index contributed by atoms with van der Waals surface area (Å²) in [5, 5.41) is 0. The molecule has 0 atom stereocenters. The Bertz CT molecular complexity index is 1380. The average molecular weight is 478 g/mol. The number of pyridine rings is 1. The van der Waals surface area contributed by atoms with Crippen molar-refractivity contribution in [3.8, 4) is 23.1 Å². The van der Waals surface area contributed by atoms with E-state index in [-0.39, 0.29) is 22.5 Å². The van der Waals surface area contributed by atoms with Crippen LogP contribution in [0.1, 0.15) is 35.0 Å². The second-order valence-corrected chi connectivity index (χ2v) is 8.79. The lowest BCUT2D eigenvalue weighted by molar-refractivity contribution is -0.139. The first kappa shape index (κ1) is 24.1.